The van der Waals surface area contributed by atoms with Crippen LogP contribution in [0.1, 0.15) is 43.7 Å². The summed E-state index contributed by atoms with van der Waals surface area (Å²) in [6.07, 6.45) is 7.24. The van der Waals surface area contributed by atoms with Crippen molar-refractivity contribution in [2.24, 2.45) is 0 Å². The molecule has 2 fully saturated rings. The van der Waals surface area contributed by atoms with E-state index in [-0.39, 0.29) is 11.7 Å². The van der Waals surface area contributed by atoms with E-state index >= 15 is 0 Å². The number of hydrogen-bond donors (Lipinski definition) is 1. The molecule has 0 spiro atoms. The number of benzene rings is 1. The molecule has 1 aliphatic carbocycles. The van der Waals surface area contributed by atoms with Crippen molar-refractivity contribution >= 4 is 16.8 Å². The highest BCUT2D eigenvalue weighted by molar-refractivity contribution is 5.84. The monoisotopic (exact) mass is 343 g/mol. The van der Waals surface area contributed by atoms with Crippen LogP contribution in [-0.4, -0.2) is 41.1 Å². The largest absolute Gasteiger partial charge is 0.355 e. The Morgan fingerprint density at radius 2 is 2.00 bits per heavy atom. The van der Waals surface area contributed by atoms with Gasteiger partial charge in [-0.1, -0.05) is 6.07 Å². The molecule has 5 heteroatoms. The third kappa shape index (κ3) is 3.17. The van der Waals surface area contributed by atoms with Crippen LogP contribution >= 0.6 is 0 Å². The fourth-order valence-corrected chi connectivity index (χ4v) is 4.60. The van der Waals surface area contributed by atoms with Gasteiger partial charge in [0, 0.05) is 49.7 Å². The molecule has 1 saturated carbocycles. The van der Waals surface area contributed by atoms with Crippen molar-refractivity contribution < 1.29 is 9.18 Å². The molecule has 134 valence electrons. The number of nitrogens with one attached hydrogen (secondary N) is 1. The van der Waals surface area contributed by atoms with Gasteiger partial charge in [-0.2, -0.15) is 0 Å². The molecule has 2 heterocycles. The summed E-state index contributed by atoms with van der Waals surface area (Å²) in [7, 11) is 0. The molecule has 1 aliphatic heterocycles. The molecule has 1 aromatic heterocycles. The van der Waals surface area contributed by atoms with E-state index in [1.54, 1.807) is 6.07 Å². The molecule has 2 aromatic rings. The number of hydrogen-bond acceptors (Lipinski definition) is 2. The molecule has 25 heavy (non-hydrogen) atoms. The molecule has 2 atom stereocenters. The van der Waals surface area contributed by atoms with Crippen molar-refractivity contribution in [3.8, 4) is 0 Å². The Kier molecular flexibility index (Phi) is 4.50. The predicted molar refractivity (Wildman–Crippen MR) is 97.1 cm³/mol. The number of rotatable bonds is 2. The predicted octanol–water partition coefficient (Wildman–Crippen LogP) is 3.39. The number of aryl methyl sites for hydroxylation is 1. The van der Waals surface area contributed by atoms with E-state index in [4.69, 9.17) is 0 Å². The summed E-state index contributed by atoms with van der Waals surface area (Å²) in [6, 6.07) is 6.27. The van der Waals surface area contributed by atoms with E-state index in [1.165, 1.54) is 12.8 Å². The molecular formula is C20H26FN3O. The molecule has 0 radical (unpaired) electrons. The molecule has 2 aliphatic rings. The van der Waals surface area contributed by atoms with Gasteiger partial charge in [0.1, 0.15) is 5.82 Å². The molecule has 0 bridgehead atoms. The van der Waals surface area contributed by atoms with Gasteiger partial charge in [-0.15, -0.1) is 0 Å². The lowest BCUT2D eigenvalue weighted by Gasteiger charge is -2.37. The lowest BCUT2D eigenvalue weighted by molar-refractivity contribution is -0.120. The van der Waals surface area contributed by atoms with Crippen LogP contribution in [0.4, 0.5) is 4.39 Å². The summed E-state index contributed by atoms with van der Waals surface area (Å²) >= 11 is 0. The first-order chi connectivity index (χ1) is 12.1. The molecule has 1 amide bonds. The Morgan fingerprint density at radius 3 is 2.88 bits per heavy atom. The van der Waals surface area contributed by atoms with Gasteiger partial charge < -0.3 is 9.88 Å². The minimum Gasteiger partial charge on any atom is -0.355 e. The van der Waals surface area contributed by atoms with Gasteiger partial charge in [0.25, 0.3) is 0 Å². The minimum absolute atomic E-state index is 0.135. The lowest BCUT2D eigenvalue weighted by Crippen LogP contribution is -2.41. The molecular weight excluding hydrogens is 317 g/mol. The van der Waals surface area contributed by atoms with Crippen molar-refractivity contribution in [2.75, 3.05) is 19.6 Å². The Balaban J connectivity index is 1.57. The first-order valence-corrected chi connectivity index (χ1v) is 9.40. The van der Waals surface area contributed by atoms with E-state index in [1.807, 2.05) is 12.1 Å². The first-order valence-electron chi connectivity index (χ1n) is 9.40. The summed E-state index contributed by atoms with van der Waals surface area (Å²) in [5.74, 6) is 0.0289. The number of fused-ring (bicyclic) bond motifs is 1. The van der Waals surface area contributed by atoms with Crippen LogP contribution in [0.25, 0.3) is 10.9 Å². The van der Waals surface area contributed by atoms with Gasteiger partial charge in [0.2, 0.25) is 5.91 Å². The summed E-state index contributed by atoms with van der Waals surface area (Å²) in [5.41, 5.74) is 2.17. The quantitative estimate of drug-likeness (QED) is 0.907. The Labute approximate surface area is 148 Å². The minimum atomic E-state index is -0.135. The topological polar surface area (TPSA) is 37.3 Å². The molecule has 1 unspecified atom stereocenters. The molecule has 1 N–H and O–H groups in total. The molecule has 4 nitrogen and oxygen atoms in total. The summed E-state index contributed by atoms with van der Waals surface area (Å²) in [6.45, 7) is 4.59. The van der Waals surface area contributed by atoms with Crippen molar-refractivity contribution in [3.63, 3.8) is 0 Å². The summed E-state index contributed by atoms with van der Waals surface area (Å²) in [4.78, 5) is 14.1. The zero-order chi connectivity index (χ0) is 17.4. The summed E-state index contributed by atoms with van der Waals surface area (Å²) in [5, 5.41) is 3.69. The second-order valence-electron chi connectivity index (χ2n) is 7.46. The second kappa shape index (κ2) is 6.79. The van der Waals surface area contributed by atoms with Crippen LogP contribution in [0, 0.1) is 12.7 Å². The zero-order valence-corrected chi connectivity index (χ0v) is 14.8. The highest BCUT2D eigenvalue weighted by Crippen LogP contribution is 2.35. The maximum absolute atomic E-state index is 14.1. The van der Waals surface area contributed by atoms with E-state index in [0.29, 0.717) is 18.5 Å². The first kappa shape index (κ1) is 16.6. The van der Waals surface area contributed by atoms with Crippen molar-refractivity contribution in [3.05, 3.63) is 35.8 Å². The summed E-state index contributed by atoms with van der Waals surface area (Å²) < 4.78 is 16.4. The third-order valence-corrected chi connectivity index (χ3v) is 5.90. The fourth-order valence-electron chi connectivity index (χ4n) is 4.60. The van der Waals surface area contributed by atoms with Gasteiger partial charge >= 0.3 is 0 Å². The highest BCUT2D eigenvalue weighted by atomic mass is 19.1. The van der Waals surface area contributed by atoms with Crippen molar-refractivity contribution in [1.82, 2.24) is 14.8 Å². The Bertz CT molecular complexity index is 785. The number of carbonyl (C=O) groups is 1. The average molecular weight is 343 g/mol. The van der Waals surface area contributed by atoms with Crippen LogP contribution in [-0.2, 0) is 4.79 Å². The van der Waals surface area contributed by atoms with E-state index in [0.717, 1.165) is 48.9 Å². The van der Waals surface area contributed by atoms with E-state index in [9.17, 15) is 9.18 Å². The van der Waals surface area contributed by atoms with Crippen LogP contribution in [0.2, 0.25) is 0 Å². The normalized spacial score (nSPS) is 25.8. The smallest absolute Gasteiger partial charge is 0.221 e. The number of aromatic nitrogens is 1. The van der Waals surface area contributed by atoms with Gasteiger partial charge in [0.05, 0.1) is 5.52 Å². The number of nitrogens with zero attached hydrogens (tertiary/aromatic N) is 2. The van der Waals surface area contributed by atoms with E-state index in [2.05, 4.69) is 27.9 Å². The maximum atomic E-state index is 14.1. The fraction of sp³-hybridized carbons (Fsp3) is 0.550. The van der Waals surface area contributed by atoms with Crippen molar-refractivity contribution in [1.29, 1.82) is 0 Å². The molecule has 1 aromatic carbocycles. The zero-order valence-electron chi connectivity index (χ0n) is 14.8. The Morgan fingerprint density at radius 1 is 1.16 bits per heavy atom. The van der Waals surface area contributed by atoms with E-state index < -0.39 is 0 Å². The maximum Gasteiger partial charge on any atom is 0.221 e. The SMILES string of the molecule is Cc1ccc(F)c2ccn([C@@H]3CCCC(N4CCNC(=O)CC4)C3)c12. The molecule has 1 saturated heterocycles. The van der Waals surface area contributed by atoms with Gasteiger partial charge in [-0.25, -0.2) is 4.39 Å². The van der Waals surface area contributed by atoms with Crippen LogP contribution < -0.4 is 5.32 Å². The van der Waals surface area contributed by atoms with Crippen molar-refractivity contribution in [2.45, 2.75) is 51.1 Å². The average Bonchev–Trinajstić information content (AvgIpc) is 2.97. The highest BCUT2D eigenvalue weighted by Gasteiger charge is 2.29. The van der Waals surface area contributed by atoms with Crippen LogP contribution in [0.15, 0.2) is 24.4 Å². The third-order valence-electron chi connectivity index (χ3n) is 5.90. The lowest BCUT2D eigenvalue weighted by atomic mass is 9.89. The number of carbonyl (C=O) groups excluding carboxylic acids is 1. The Hall–Kier alpha value is -1.88. The standard InChI is InChI=1S/C20H26FN3O/c1-14-5-6-18(21)17-7-11-24(20(14)17)16-4-2-3-15(13-16)23-10-8-19(25)22-9-12-23/h5-7,11,15-16H,2-4,8-10,12-13H2,1H3,(H,22,25)/t15?,16-/m1/s1. The van der Waals surface area contributed by atoms with Crippen LogP contribution in [0.3, 0.4) is 0 Å². The number of amides is 1. The number of halogens is 1. The van der Waals surface area contributed by atoms with Crippen LogP contribution in [0.5, 0.6) is 0 Å². The molecule has 4 rings (SSSR count). The van der Waals surface area contributed by atoms with Gasteiger partial charge in [0.15, 0.2) is 0 Å². The van der Waals surface area contributed by atoms with Gasteiger partial charge in [-0.05, 0) is 50.3 Å². The van der Waals surface area contributed by atoms with Gasteiger partial charge in [-0.3, -0.25) is 9.69 Å². The second-order valence-corrected chi connectivity index (χ2v) is 7.46.